The van der Waals surface area contributed by atoms with Gasteiger partial charge in [0.1, 0.15) is 11.9 Å². The van der Waals surface area contributed by atoms with Crippen LogP contribution in [0.15, 0.2) is 42.5 Å². The number of aromatic nitrogens is 2. The lowest BCUT2D eigenvalue weighted by molar-refractivity contribution is -0.286. The van der Waals surface area contributed by atoms with Crippen LogP contribution in [0.3, 0.4) is 0 Å². The molecule has 0 aliphatic carbocycles. The average Bonchev–Trinajstić information content (AvgIpc) is 3.25. The third-order valence-electron chi connectivity index (χ3n) is 5.38. The largest absolute Gasteiger partial charge is 0.586 e. The molecule has 1 unspecified atom stereocenters. The fourth-order valence-corrected chi connectivity index (χ4v) is 3.84. The molecule has 6 nitrogen and oxygen atoms in total. The Hall–Kier alpha value is -2.71. The van der Waals surface area contributed by atoms with E-state index < -0.39 is 12.4 Å². The Balaban J connectivity index is 1.50. The number of halogens is 2. The van der Waals surface area contributed by atoms with Gasteiger partial charge in [-0.1, -0.05) is 18.2 Å². The average molecular weight is 401 g/mol. The first-order valence-corrected chi connectivity index (χ1v) is 9.65. The number of fused-ring (bicyclic) bond motifs is 2. The maximum atomic E-state index is 13.4. The lowest BCUT2D eigenvalue weighted by atomic mass is 10.1. The van der Waals surface area contributed by atoms with E-state index in [2.05, 4.69) is 31.4 Å². The van der Waals surface area contributed by atoms with Crippen LogP contribution in [0.4, 0.5) is 8.78 Å². The Morgan fingerprint density at radius 1 is 1.14 bits per heavy atom. The van der Waals surface area contributed by atoms with E-state index in [-0.39, 0.29) is 17.6 Å². The molecule has 0 saturated carbocycles. The van der Waals surface area contributed by atoms with E-state index in [1.54, 1.807) is 12.1 Å². The second-order valence-electron chi connectivity index (χ2n) is 7.53. The third-order valence-corrected chi connectivity index (χ3v) is 5.38. The first-order chi connectivity index (χ1) is 14.0. The standard InChI is InChI=1S/C21H21F2N3O3/c1-26-10-8-14(9-11-26)27-19(20-24-15-4-2-3-5-16(15)25-20)13-6-7-17-18(12-13)29-21(22,23)28-17/h2-7,12,14,19H,8-11H2,1H3,(H,24,25). The van der Waals surface area contributed by atoms with E-state index in [0.717, 1.165) is 37.0 Å². The van der Waals surface area contributed by atoms with Crippen LogP contribution in [0.1, 0.15) is 30.3 Å². The van der Waals surface area contributed by atoms with Gasteiger partial charge in [-0.15, -0.1) is 8.78 Å². The summed E-state index contributed by atoms with van der Waals surface area (Å²) in [6.07, 6.45) is -2.33. The van der Waals surface area contributed by atoms with Crippen LogP contribution in [0.2, 0.25) is 0 Å². The number of piperidine rings is 1. The number of rotatable bonds is 4. The molecule has 8 heteroatoms. The Labute approximate surface area is 166 Å². The van der Waals surface area contributed by atoms with Crippen LogP contribution >= 0.6 is 0 Å². The molecule has 1 atom stereocenters. The number of nitrogens with one attached hydrogen (secondary N) is 1. The topological polar surface area (TPSA) is 59.6 Å². The van der Waals surface area contributed by atoms with Crippen molar-refractivity contribution in [1.82, 2.24) is 14.9 Å². The molecule has 2 aromatic carbocycles. The van der Waals surface area contributed by atoms with Gasteiger partial charge in [-0.25, -0.2) is 4.98 Å². The summed E-state index contributed by atoms with van der Waals surface area (Å²) in [5.74, 6) is 0.651. The molecule has 2 aliphatic heterocycles. The molecule has 1 saturated heterocycles. The summed E-state index contributed by atoms with van der Waals surface area (Å²) < 4.78 is 42.5. The molecule has 2 aliphatic rings. The van der Waals surface area contributed by atoms with Crippen molar-refractivity contribution in [3.63, 3.8) is 0 Å². The highest BCUT2D eigenvalue weighted by molar-refractivity contribution is 5.75. The fourth-order valence-electron chi connectivity index (χ4n) is 3.84. The van der Waals surface area contributed by atoms with Gasteiger partial charge in [0.25, 0.3) is 0 Å². The van der Waals surface area contributed by atoms with Gasteiger partial charge in [0.05, 0.1) is 17.1 Å². The minimum Gasteiger partial charge on any atom is -0.395 e. The summed E-state index contributed by atoms with van der Waals surface area (Å²) in [4.78, 5) is 10.3. The Morgan fingerprint density at radius 3 is 2.69 bits per heavy atom. The molecular weight excluding hydrogens is 380 g/mol. The molecule has 0 bridgehead atoms. The minimum atomic E-state index is -3.65. The quantitative estimate of drug-likeness (QED) is 0.714. The maximum Gasteiger partial charge on any atom is 0.586 e. The summed E-state index contributed by atoms with van der Waals surface area (Å²) in [7, 11) is 2.09. The number of alkyl halides is 2. The number of H-pyrrole nitrogens is 1. The van der Waals surface area contributed by atoms with Crippen molar-refractivity contribution in [2.24, 2.45) is 0 Å². The molecular formula is C21H21F2N3O3. The van der Waals surface area contributed by atoms with Crippen LogP contribution in [0.25, 0.3) is 11.0 Å². The third kappa shape index (κ3) is 3.65. The molecule has 3 aromatic rings. The zero-order chi connectivity index (χ0) is 20.0. The fraction of sp³-hybridized carbons (Fsp3) is 0.381. The van der Waals surface area contributed by atoms with Crippen LogP contribution < -0.4 is 9.47 Å². The number of likely N-dealkylation sites (tertiary alicyclic amines) is 1. The molecule has 0 amide bonds. The van der Waals surface area contributed by atoms with Crippen molar-refractivity contribution in [3.05, 3.63) is 53.9 Å². The van der Waals surface area contributed by atoms with Gasteiger partial charge in [-0.3, -0.25) is 0 Å². The maximum absolute atomic E-state index is 13.4. The van der Waals surface area contributed by atoms with Gasteiger partial charge in [0, 0.05) is 13.1 Å². The van der Waals surface area contributed by atoms with Gasteiger partial charge in [-0.05, 0) is 49.7 Å². The summed E-state index contributed by atoms with van der Waals surface area (Å²) >= 11 is 0. The predicted molar refractivity (Wildman–Crippen MR) is 102 cm³/mol. The smallest absolute Gasteiger partial charge is 0.395 e. The van der Waals surface area contributed by atoms with Gasteiger partial charge in [0.15, 0.2) is 11.5 Å². The number of benzene rings is 2. The van der Waals surface area contributed by atoms with Gasteiger partial charge >= 0.3 is 6.29 Å². The van der Waals surface area contributed by atoms with E-state index in [1.807, 2.05) is 24.3 Å². The zero-order valence-electron chi connectivity index (χ0n) is 15.9. The number of hydrogen-bond donors (Lipinski definition) is 1. The highest BCUT2D eigenvalue weighted by atomic mass is 19.3. The van der Waals surface area contributed by atoms with E-state index in [9.17, 15) is 8.78 Å². The van der Waals surface area contributed by atoms with Crippen LogP contribution in [-0.4, -0.2) is 47.4 Å². The van der Waals surface area contributed by atoms with Crippen molar-refractivity contribution < 1.29 is 23.0 Å². The number of ether oxygens (including phenoxy) is 3. The van der Waals surface area contributed by atoms with E-state index >= 15 is 0 Å². The van der Waals surface area contributed by atoms with Crippen molar-refractivity contribution in [1.29, 1.82) is 0 Å². The molecule has 1 fully saturated rings. The van der Waals surface area contributed by atoms with Gasteiger partial charge in [-0.2, -0.15) is 0 Å². The summed E-state index contributed by atoms with van der Waals surface area (Å²) in [6, 6.07) is 12.5. The summed E-state index contributed by atoms with van der Waals surface area (Å²) in [6.45, 7) is 1.90. The number of hydrogen-bond acceptors (Lipinski definition) is 5. The van der Waals surface area contributed by atoms with Crippen molar-refractivity contribution in [2.45, 2.75) is 31.3 Å². The molecule has 152 valence electrons. The highest BCUT2D eigenvalue weighted by Gasteiger charge is 2.43. The molecule has 5 rings (SSSR count). The SMILES string of the molecule is CN1CCC(OC(c2ccc3c(c2)OC(F)(F)O3)c2nc3ccccc3[nH]2)CC1. The minimum absolute atomic E-state index is 0.000545. The second kappa shape index (κ2) is 6.96. The Morgan fingerprint density at radius 2 is 1.90 bits per heavy atom. The number of aromatic amines is 1. The lowest BCUT2D eigenvalue weighted by Crippen LogP contribution is -2.35. The van der Waals surface area contributed by atoms with Crippen molar-refractivity contribution >= 4 is 11.0 Å². The first kappa shape index (κ1) is 18.3. The monoisotopic (exact) mass is 401 g/mol. The Bertz CT molecular complexity index is 998. The number of imidazole rings is 1. The predicted octanol–water partition coefficient (Wildman–Crippen LogP) is 4.08. The van der Waals surface area contributed by atoms with E-state index in [4.69, 9.17) is 4.74 Å². The van der Waals surface area contributed by atoms with Crippen LogP contribution in [0, 0.1) is 0 Å². The molecule has 3 heterocycles. The van der Waals surface area contributed by atoms with E-state index in [1.165, 1.54) is 6.07 Å². The Kier molecular flexibility index (Phi) is 4.40. The van der Waals surface area contributed by atoms with Gasteiger partial charge < -0.3 is 24.1 Å². The molecule has 29 heavy (non-hydrogen) atoms. The van der Waals surface area contributed by atoms with E-state index in [0.29, 0.717) is 11.4 Å². The molecule has 1 N–H and O–H groups in total. The number of nitrogens with zero attached hydrogens (tertiary/aromatic N) is 2. The lowest BCUT2D eigenvalue weighted by Gasteiger charge is -2.31. The molecule has 1 aromatic heterocycles. The summed E-state index contributed by atoms with van der Waals surface area (Å²) in [5.41, 5.74) is 2.40. The zero-order valence-corrected chi connectivity index (χ0v) is 15.9. The van der Waals surface area contributed by atoms with Gasteiger partial charge in [0.2, 0.25) is 0 Å². The first-order valence-electron chi connectivity index (χ1n) is 9.65. The van der Waals surface area contributed by atoms with Crippen LogP contribution in [-0.2, 0) is 4.74 Å². The molecule has 0 radical (unpaired) electrons. The van der Waals surface area contributed by atoms with Crippen molar-refractivity contribution in [2.75, 3.05) is 20.1 Å². The normalized spacial score (nSPS) is 20.2. The number of para-hydroxylation sites is 2. The second-order valence-corrected chi connectivity index (χ2v) is 7.53. The van der Waals surface area contributed by atoms with Crippen LogP contribution in [0.5, 0.6) is 11.5 Å². The summed E-state index contributed by atoms with van der Waals surface area (Å²) in [5, 5.41) is 0. The van der Waals surface area contributed by atoms with Crippen molar-refractivity contribution in [3.8, 4) is 11.5 Å². The highest BCUT2D eigenvalue weighted by Crippen LogP contribution is 2.43. The molecule has 0 spiro atoms.